The second kappa shape index (κ2) is 4.72. The summed E-state index contributed by atoms with van der Waals surface area (Å²) in [6, 6.07) is 3.74. The largest absolute Gasteiger partial charge is 0.495 e. The van der Waals surface area contributed by atoms with Crippen molar-refractivity contribution in [1.29, 1.82) is 0 Å². The molecule has 0 unspecified atom stereocenters. The minimum absolute atomic E-state index is 0.516. The fourth-order valence-corrected chi connectivity index (χ4v) is 1.84. The highest BCUT2D eigenvalue weighted by Crippen LogP contribution is 2.37. The maximum atomic E-state index is 6.02. The molecule has 0 aliphatic heterocycles. The first kappa shape index (κ1) is 10.7. The van der Waals surface area contributed by atoms with E-state index in [1.165, 1.54) is 0 Å². The molecule has 0 N–H and O–H groups in total. The number of hydrogen-bond acceptors (Lipinski definition) is 2. The summed E-state index contributed by atoms with van der Waals surface area (Å²) < 4.78 is 10.2. The zero-order valence-corrected chi connectivity index (χ0v) is 9.78. The number of benzene rings is 1. The third-order valence-corrected chi connectivity index (χ3v) is 2.67. The van der Waals surface area contributed by atoms with Gasteiger partial charge in [-0.25, -0.2) is 0 Å². The van der Waals surface area contributed by atoms with Gasteiger partial charge < -0.3 is 9.47 Å². The zero-order chi connectivity index (χ0) is 9.84. The number of methoxy groups -OCH3 is 2. The number of alkyl halides is 1. The van der Waals surface area contributed by atoms with Crippen LogP contribution in [0.4, 0.5) is 0 Å². The van der Waals surface area contributed by atoms with Crippen LogP contribution in [-0.4, -0.2) is 14.2 Å². The van der Waals surface area contributed by atoms with Crippen LogP contribution in [0.15, 0.2) is 12.1 Å². The molecule has 0 aliphatic rings. The summed E-state index contributed by atoms with van der Waals surface area (Å²) in [4.78, 5) is 0. The molecule has 4 heteroatoms. The van der Waals surface area contributed by atoms with Gasteiger partial charge in [-0.1, -0.05) is 33.6 Å². The molecule has 0 radical (unpaired) electrons. The summed E-state index contributed by atoms with van der Waals surface area (Å²) in [5, 5.41) is 1.22. The highest BCUT2D eigenvalue weighted by Gasteiger charge is 2.11. The Morgan fingerprint density at radius 3 is 2.46 bits per heavy atom. The van der Waals surface area contributed by atoms with Gasteiger partial charge in [-0.2, -0.15) is 0 Å². The van der Waals surface area contributed by atoms with Crippen molar-refractivity contribution >= 4 is 27.5 Å². The molecule has 1 rings (SSSR count). The van der Waals surface area contributed by atoms with Crippen LogP contribution in [-0.2, 0) is 5.33 Å². The quantitative estimate of drug-likeness (QED) is 0.781. The molecule has 0 fully saturated rings. The van der Waals surface area contributed by atoms with Gasteiger partial charge in [-0.3, -0.25) is 0 Å². The molecule has 72 valence electrons. The van der Waals surface area contributed by atoms with E-state index in [1.54, 1.807) is 14.2 Å². The molecule has 0 spiro atoms. The fraction of sp³-hybridized carbons (Fsp3) is 0.333. The number of halogens is 2. The van der Waals surface area contributed by atoms with E-state index in [0.29, 0.717) is 21.9 Å². The highest BCUT2D eigenvalue weighted by molar-refractivity contribution is 9.08. The molecule has 0 aromatic heterocycles. The summed E-state index contributed by atoms with van der Waals surface area (Å²) >= 11 is 9.37. The van der Waals surface area contributed by atoms with Gasteiger partial charge in [0.15, 0.2) is 0 Å². The molecule has 1 aromatic carbocycles. The van der Waals surface area contributed by atoms with Crippen LogP contribution >= 0.6 is 27.5 Å². The molecule has 2 nitrogen and oxygen atoms in total. The second-order valence-corrected chi connectivity index (χ2v) is 3.35. The average molecular weight is 266 g/mol. The van der Waals surface area contributed by atoms with E-state index < -0.39 is 0 Å². The summed E-state index contributed by atoms with van der Waals surface area (Å²) in [5.74, 6) is 1.29. The first-order chi connectivity index (χ1) is 6.24. The normalized spacial score (nSPS) is 9.85. The van der Waals surface area contributed by atoms with Gasteiger partial charge in [-0.05, 0) is 6.07 Å². The van der Waals surface area contributed by atoms with Gasteiger partial charge >= 0.3 is 0 Å². The molecule has 0 aliphatic carbocycles. The minimum atomic E-state index is 0.516. The average Bonchev–Trinajstić information content (AvgIpc) is 2.17. The van der Waals surface area contributed by atoms with Crippen molar-refractivity contribution in [2.45, 2.75) is 5.33 Å². The lowest BCUT2D eigenvalue weighted by atomic mass is 10.2. The third-order valence-electron chi connectivity index (χ3n) is 1.71. The third kappa shape index (κ3) is 2.09. The minimum Gasteiger partial charge on any atom is -0.495 e. The Kier molecular flexibility index (Phi) is 3.88. The van der Waals surface area contributed by atoms with Gasteiger partial charge in [0.05, 0.1) is 14.2 Å². The molecule has 0 bridgehead atoms. The Morgan fingerprint density at radius 1 is 1.31 bits per heavy atom. The molecule has 0 amide bonds. The Balaban J connectivity index is 3.23. The number of rotatable bonds is 3. The summed E-state index contributed by atoms with van der Waals surface area (Å²) in [6.07, 6.45) is 0. The monoisotopic (exact) mass is 264 g/mol. The van der Waals surface area contributed by atoms with Gasteiger partial charge in [0.25, 0.3) is 0 Å². The predicted molar refractivity (Wildman–Crippen MR) is 57.2 cm³/mol. The van der Waals surface area contributed by atoms with Gasteiger partial charge in [0.2, 0.25) is 0 Å². The van der Waals surface area contributed by atoms with Crippen LogP contribution < -0.4 is 9.47 Å². The Bertz CT molecular complexity index is 302. The fourth-order valence-electron chi connectivity index (χ4n) is 1.06. The van der Waals surface area contributed by atoms with Crippen LogP contribution in [0.2, 0.25) is 5.02 Å². The molecule has 0 saturated heterocycles. The smallest absolute Gasteiger partial charge is 0.145 e. The maximum absolute atomic E-state index is 6.02. The lowest BCUT2D eigenvalue weighted by Gasteiger charge is -2.11. The summed E-state index contributed by atoms with van der Waals surface area (Å²) in [7, 11) is 3.17. The molecular weight excluding hydrogens is 255 g/mol. The summed E-state index contributed by atoms with van der Waals surface area (Å²) in [5.41, 5.74) is 1.01. The summed E-state index contributed by atoms with van der Waals surface area (Å²) in [6.45, 7) is 0. The number of ether oxygens (including phenoxy) is 2. The first-order valence-electron chi connectivity index (χ1n) is 3.70. The van der Waals surface area contributed by atoms with Gasteiger partial charge in [0, 0.05) is 10.9 Å². The van der Waals surface area contributed by atoms with E-state index in [9.17, 15) is 0 Å². The number of hydrogen-bond donors (Lipinski definition) is 0. The van der Waals surface area contributed by atoms with E-state index in [-0.39, 0.29) is 0 Å². The van der Waals surface area contributed by atoms with Crippen molar-refractivity contribution in [3.63, 3.8) is 0 Å². The first-order valence-corrected chi connectivity index (χ1v) is 5.19. The molecule has 13 heavy (non-hydrogen) atoms. The van der Waals surface area contributed by atoms with Crippen molar-refractivity contribution < 1.29 is 9.47 Å². The maximum Gasteiger partial charge on any atom is 0.145 e. The Morgan fingerprint density at radius 2 is 2.00 bits per heavy atom. The van der Waals surface area contributed by atoms with Crippen molar-refractivity contribution in [3.05, 3.63) is 22.7 Å². The van der Waals surface area contributed by atoms with E-state index in [4.69, 9.17) is 21.1 Å². The van der Waals surface area contributed by atoms with Crippen molar-refractivity contribution in [2.75, 3.05) is 14.2 Å². The molecule has 0 atom stereocenters. The Labute approximate surface area is 90.9 Å². The Hall–Kier alpha value is -0.410. The molecule has 1 aromatic rings. The van der Waals surface area contributed by atoms with E-state index in [1.807, 2.05) is 12.1 Å². The predicted octanol–water partition coefficient (Wildman–Crippen LogP) is 3.25. The molecule has 0 saturated carbocycles. The van der Waals surface area contributed by atoms with E-state index in [2.05, 4.69) is 15.9 Å². The van der Waals surface area contributed by atoms with Crippen LogP contribution in [0, 0.1) is 0 Å². The van der Waals surface area contributed by atoms with Crippen LogP contribution in [0.25, 0.3) is 0 Å². The van der Waals surface area contributed by atoms with Crippen LogP contribution in [0.1, 0.15) is 5.56 Å². The highest BCUT2D eigenvalue weighted by atomic mass is 79.9. The van der Waals surface area contributed by atoms with Gasteiger partial charge in [-0.15, -0.1) is 0 Å². The van der Waals surface area contributed by atoms with Crippen molar-refractivity contribution in [3.8, 4) is 11.5 Å². The van der Waals surface area contributed by atoms with Crippen molar-refractivity contribution in [2.24, 2.45) is 0 Å². The van der Waals surface area contributed by atoms with E-state index in [0.717, 1.165) is 5.56 Å². The SMILES string of the molecule is COc1ccc(CBr)c(OC)c1Cl. The molecule has 0 heterocycles. The second-order valence-electron chi connectivity index (χ2n) is 2.41. The topological polar surface area (TPSA) is 18.5 Å². The lowest BCUT2D eigenvalue weighted by Crippen LogP contribution is -1.93. The van der Waals surface area contributed by atoms with Crippen LogP contribution in [0.5, 0.6) is 11.5 Å². The van der Waals surface area contributed by atoms with Gasteiger partial charge in [0.1, 0.15) is 16.5 Å². The zero-order valence-electron chi connectivity index (χ0n) is 7.43. The van der Waals surface area contributed by atoms with Crippen molar-refractivity contribution in [1.82, 2.24) is 0 Å². The van der Waals surface area contributed by atoms with E-state index >= 15 is 0 Å². The molecular formula is C9H10BrClO2. The lowest BCUT2D eigenvalue weighted by molar-refractivity contribution is 0.392. The van der Waals surface area contributed by atoms with Crippen LogP contribution in [0.3, 0.4) is 0 Å². The standard InChI is InChI=1S/C9H10BrClO2/c1-12-7-4-3-6(5-10)9(13-2)8(7)11/h3-4H,5H2,1-2H3.